The van der Waals surface area contributed by atoms with Gasteiger partial charge in [0.2, 0.25) is 0 Å². The number of fused-ring (bicyclic) bond motifs is 1. The van der Waals surface area contributed by atoms with E-state index >= 15 is 0 Å². The average molecular weight is 227 g/mol. The fourth-order valence-corrected chi connectivity index (χ4v) is 2.62. The Kier molecular flexibility index (Phi) is 2.39. The molecular weight excluding hydrogens is 210 g/mol. The van der Waals surface area contributed by atoms with Crippen molar-refractivity contribution in [2.24, 2.45) is 0 Å². The number of nitrogens with two attached hydrogens (primary N) is 1. The van der Waals surface area contributed by atoms with E-state index in [0.717, 1.165) is 24.2 Å². The molecule has 1 aliphatic rings. The lowest BCUT2D eigenvalue weighted by Crippen LogP contribution is -2.07. The number of nitrogens with zero attached hydrogens (tertiary/aromatic N) is 2. The highest BCUT2D eigenvalue weighted by Crippen LogP contribution is 2.24. The maximum atomic E-state index is 5.91. The van der Waals surface area contributed by atoms with E-state index in [2.05, 4.69) is 22.5 Å². The zero-order valence-corrected chi connectivity index (χ0v) is 10.1. The van der Waals surface area contributed by atoms with Gasteiger partial charge in [-0.1, -0.05) is 0 Å². The molecule has 1 heterocycles. The molecule has 88 valence electrons. The maximum Gasteiger partial charge on any atom is 0.0997 e. The second kappa shape index (κ2) is 3.91. The minimum atomic E-state index is 0.818. The zero-order valence-electron chi connectivity index (χ0n) is 10.1. The van der Waals surface area contributed by atoms with Gasteiger partial charge < -0.3 is 10.3 Å². The molecule has 0 saturated heterocycles. The summed E-state index contributed by atoms with van der Waals surface area (Å²) in [6.07, 6.45) is 6.71. The Bertz CT molecular complexity index is 534. The molecule has 1 aromatic heterocycles. The summed E-state index contributed by atoms with van der Waals surface area (Å²) in [6, 6.07) is 6.17. The molecule has 3 rings (SSSR count). The number of aryl methyl sites for hydroxylation is 2. The molecule has 0 atom stereocenters. The number of imidazole rings is 1. The van der Waals surface area contributed by atoms with Crippen LogP contribution in [0.2, 0.25) is 0 Å². The van der Waals surface area contributed by atoms with Crippen molar-refractivity contribution in [2.75, 3.05) is 5.73 Å². The summed E-state index contributed by atoms with van der Waals surface area (Å²) in [7, 11) is 0. The molecule has 0 spiro atoms. The normalized spacial score (nSPS) is 14.6. The molecule has 2 aromatic rings. The number of rotatable bonds is 1. The standard InChI is InChI=1S/C14H17N3/c1-10-6-11(15)8-12(7-10)17-9-16-13-4-2-3-5-14(13)17/h6-9H,2-5,15H2,1H3. The number of anilines is 1. The van der Waals surface area contributed by atoms with E-state index in [1.807, 2.05) is 18.5 Å². The van der Waals surface area contributed by atoms with E-state index in [1.54, 1.807) is 0 Å². The van der Waals surface area contributed by atoms with Crippen LogP contribution < -0.4 is 5.73 Å². The second-order valence-corrected chi connectivity index (χ2v) is 4.82. The first kappa shape index (κ1) is 10.4. The first-order valence-electron chi connectivity index (χ1n) is 6.17. The van der Waals surface area contributed by atoms with E-state index in [-0.39, 0.29) is 0 Å². The minimum Gasteiger partial charge on any atom is -0.399 e. The Hall–Kier alpha value is -1.77. The number of hydrogen-bond acceptors (Lipinski definition) is 2. The van der Waals surface area contributed by atoms with Crippen LogP contribution in [0.25, 0.3) is 5.69 Å². The van der Waals surface area contributed by atoms with Crippen molar-refractivity contribution in [1.29, 1.82) is 0 Å². The van der Waals surface area contributed by atoms with Gasteiger partial charge in [-0.3, -0.25) is 0 Å². The van der Waals surface area contributed by atoms with Crippen LogP contribution in [0, 0.1) is 6.92 Å². The molecule has 1 aliphatic carbocycles. The third-order valence-electron chi connectivity index (χ3n) is 3.39. The summed E-state index contributed by atoms with van der Waals surface area (Å²) >= 11 is 0. The number of hydrogen-bond donors (Lipinski definition) is 1. The van der Waals surface area contributed by atoms with Crippen molar-refractivity contribution in [3.05, 3.63) is 41.5 Å². The van der Waals surface area contributed by atoms with Gasteiger partial charge in [0, 0.05) is 17.1 Å². The van der Waals surface area contributed by atoms with Crippen LogP contribution >= 0.6 is 0 Å². The lowest BCUT2D eigenvalue weighted by Gasteiger charge is -2.14. The van der Waals surface area contributed by atoms with Crippen LogP contribution in [0.3, 0.4) is 0 Å². The highest BCUT2D eigenvalue weighted by atomic mass is 15.1. The molecular formula is C14H17N3. The van der Waals surface area contributed by atoms with Gasteiger partial charge in [-0.05, 0) is 56.4 Å². The van der Waals surface area contributed by atoms with E-state index in [4.69, 9.17) is 5.73 Å². The molecule has 0 unspecified atom stereocenters. The van der Waals surface area contributed by atoms with E-state index in [9.17, 15) is 0 Å². The Morgan fingerprint density at radius 2 is 2.00 bits per heavy atom. The minimum absolute atomic E-state index is 0.818. The van der Waals surface area contributed by atoms with Gasteiger partial charge in [-0.2, -0.15) is 0 Å². The second-order valence-electron chi connectivity index (χ2n) is 4.82. The van der Waals surface area contributed by atoms with Crippen LogP contribution in [0.1, 0.15) is 29.8 Å². The molecule has 0 amide bonds. The number of nitrogen functional groups attached to an aromatic ring is 1. The van der Waals surface area contributed by atoms with Crippen molar-refractivity contribution in [2.45, 2.75) is 32.6 Å². The highest BCUT2D eigenvalue weighted by Gasteiger charge is 2.16. The largest absolute Gasteiger partial charge is 0.399 e. The topological polar surface area (TPSA) is 43.8 Å². The number of benzene rings is 1. The van der Waals surface area contributed by atoms with E-state index in [1.165, 1.54) is 29.8 Å². The Morgan fingerprint density at radius 3 is 2.82 bits per heavy atom. The van der Waals surface area contributed by atoms with Gasteiger partial charge in [0.1, 0.15) is 0 Å². The van der Waals surface area contributed by atoms with Gasteiger partial charge >= 0.3 is 0 Å². The monoisotopic (exact) mass is 227 g/mol. The van der Waals surface area contributed by atoms with Crippen molar-refractivity contribution in [3.8, 4) is 5.69 Å². The van der Waals surface area contributed by atoms with Crippen molar-refractivity contribution < 1.29 is 0 Å². The quantitative estimate of drug-likeness (QED) is 0.761. The molecule has 0 bridgehead atoms. The molecule has 3 heteroatoms. The van der Waals surface area contributed by atoms with Crippen LogP contribution in [-0.2, 0) is 12.8 Å². The molecule has 17 heavy (non-hydrogen) atoms. The summed E-state index contributed by atoms with van der Waals surface area (Å²) in [6.45, 7) is 2.07. The summed E-state index contributed by atoms with van der Waals surface area (Å²) in [4.78, 5) is 4.51. The number of aromatic nitrogens is 2. The van der Waals surface area contributed by atoms with Crippen LogP contribution in [0.4, 0.5) is 5.69 Å². The molecule has 0 fully saturated rings. The highest BCUT2D eigenvalue weighted by molar-refractivity contribution is 5.51. The summed E-state index contributed by atoms with van der Waals surface area (Å²) in [5.74, 6) is 0. The smallest absolute Gasteiger partial charge is 0.0997 e. The van der Waals surface area contributed by atoms with Gasteiger partial charge in [0.05, 0.1) is 12.0 Å². The van der Waals surface area contributed by atoms with E-state index < -0.39 is 0 Å². The predicted octanol–water partition coefficient (Wildman–Crippen LogP) is 2.64. The summed E-state index contributed by atoms with van der Waals surface area (Å²) in [5.41, 5.74) is 11.7. The average Bonchev–Trinajstić information content (AvgIpc) is 2.71. The van der Waals surface area contributed by atoms with Crippen LogP contribution in [0.5, 0.6) is 0 Å². The fraction of sp³-hybridized carbons (Fsp3) is 0.357. The summed E-state index contributed by atoms with van der Waals surface area (Å²) in [5, 5.41) is 0. The molecule has 0 aliphatic heterocycles. The maximum absolute atomic E-state index is 5.91. The van der Waals surface area contributed by atoms with Gasteiger partial charge in [-0.15, -0.1) is 0 Å². The molecule has 2 N–H and O–H groups in total. The van der Waals surface area contributed by atoms with Gasteiger partial charge in [0.15, 0.2) is 0 Å². The Balaban J connectivity index is 2.11. The van der Waals surface area contributed by atoms with Crippen molar-refractivity contribution >= 4 is 5.69 Å². The Labute approximate surface area is 101 Å². The van der Waals surface area contributed by atoms with Crippen molar-refractivity contribution in [3.63, 3.8) is 0 Å². The lowest BCUT2D eigenvalue weighted by atomic mass is 10.0. The van der Waals surface area contributed by atoms with Gasteiger partial charge in [-0.25, -0.2) is 4.98 Å². The molecule has 0 saturated carbocycles. The molecule has 0 radical (unpaired) electrons. The predicted molar refractivity (Wildman–Crippen MR) is 69.4 cm³/mol. The lowest BCUT2D eigenvalue weighted by molar-refractivity contribution is 0.656. The van der Waals surface area contributed by atoms with Crippen molar-refractivity contribution in [1.82, 2.24) is 9.55 Å². The summed E-state index contributed by atoms with van der Waals surface area (Å²) < 4.78 is 2.19. The molecule has 3 nitrogen and oxygen atoms in total. The SMILES string of the molecule is Cc1cc(N)cc(-n2cnc3c2CCCC3)c1. The van der Waals surface area contributed by atoms with Crippen LogP contribution in [-0.4, -0.2) is 9.55 Å². The molecule has 1 aromatic carbocycles. The van der Waals surface area contributed by atoms with E-state index in [0.29, 0.717) is 0 Å². The van der Waals surface area contributed by atoms with Crippen LogP contribution in [0.15, 0.2) is 24.5 Å². The Morgan fingerprint density at radius 1 is 1.18 bits per heavy atom. The third kappa shape index (κ3) is 1.82. The fourth-order valence-electron chi connectivity index (χ4n) is 2.62. The zero-order chi connectivity index (χ0) is 11.8. The third-order valence-corrected chi connectivity index (χ3v) is 3.39. The van der Waals surface area contributed by atoms with Gasteiger partial charge in [0.25, 0.3) is 0 Å². The first-order valence-corrected chi connectivity index (χ1v) is 6.17. The first-order chi connectivity index (χ1) is 8.24.